The number of hydrogen-bond acceptors (Lipinski definition) is 4. The summed E-state index contributed by atoms with van der Waals surface area (Å²) in [6, 6.07) is 12.2. The molecule has 0 fully saturated rings. The number of nitrogens with zero attached hydrogens (tertiary/aromatic N) is 6. The molecule has 0 radical (unpaired) electrons. The quantitative estimate of drug-likeness (QED) is 0.559. The summed E-state index contributed by atoms with van der Waals surface area (Å²) < 4.78 is 3.57. The minimum atomic E-state index is -0.337. The van der Waals surface area contributed by atoms with Gasteiger partial charge >= 0.3 is 0 Å². The second-order valence-corrected chi connectivity index (χ2v) is 7.25. The van der Waals surface area contributed by atoms with Crippen LogP contribution in [-0.4, -0.2) is 29.5 Å². The minimum absolute atomic E-state index is 0.337. The molecule has 0 unspecified atom stereocenters. The Labute approximate surface area is 158 Å². The summed E-state index contributed by atoms with van der Waals surface area (Å²) >= 11 is 0. The van der Waals surface area contributed by atoms with E-state index in [1.165, 1.54) is 0 Å². The third-order valence-electron chi connectivity index (χ3n) is 4.78. The van der Waals surface area contributed by atoms with E-state index in [2.05, 4.69) is 36.2 Å². The molecule has 0 saturated carbocycles. The largest absolute Gasteiger partial charge is 0.275 e. The first-order valence-electron chi connectivity index (χ1n) is 8.86. The topological polar surface area (TPSA) is 61.4 Å². The van der Waals surface area contributed by atoms with Gasteiger partial charge in [-0.15, -0.1) is 0 Å². The molecule has 6 heteroatoms. The van der Waals surface area contributed by atoms with Crippen LogP contribution >= 0.6 is 0 Å². The van der Waals surface area contributed by atoms with E-state index in [1.54, 1.807) is 9.36 Å². The number of aromatic nitrogens is 6. The van der Waals surface area contributed by atoms with Crippen LogP contribution < -0.4 is 0 Å². The molecule has 6 nitrogen and oxygen atoms in total. The molecule has 0 amide bonds. The Balaban J connectivity index is 1.73. The van der Waals surface area contributed by atoms with E-state index in [9.17, 15) is 0 Å². The lowest BCUT2D eigenvalue weighted by Crippen LogP contribution is -2.22. The summed E-state index contributed by atoms with van der Waals surface area (Å²) in [4.78, 5) is 9.80. The van der Waals surface area contributed by atoms with Crippen molar-refractivity contribution in [3.8, 4) is 22.5 Å². The normalized spacial score (nSPS) is 11.7. The molecule has 0 atom stereocenters. The molecule has 0 bridgehead atoms. The molecule has 0 saturated heterocycles. The van der Waals surface area contributed by atoms with E-state index in [0.717, 1.165) is 33.9 Å². The van der Waals surface area contributed by atoms with Crippen molar-refractivity contribution in [3.05, 3.63) is 72.6 Å². The fourth-order valence-corrected chi connectivity index (χ4v) is 3.13. The minimum Gasteiger partial charge on any atom is -0.275 e. The summed E-state index contributed by atoms with van der Waals surface area (Å²) in [5.41, 5.74) is 5.45. The van der Waals surface area contributed by atoms with Crippen molar-refractivity contribution in [2.45, 2.75) is 19.3 Å². The Hall–Kier alpha value is -3.28. The lowest BCUT2D eigenvalue weighted by molar-refractivity contribution is 0.597. The van der Waals surface area contributed by atoms with Crippen LogP contribution in [0, 0.1) is 0 Å². The van der Waals surface area contributed by atoms with E-state index in [4.69, 9.17) is 9.97 Å². The second kappa shape index (κ2) is 6.46. The summed E-state index contributed by atoms with van der Waals surface area (Å²) in [7, 11) is 3.82. The fourth-order valence-electron chi connectivity index (χ4n) is 3.13. The van der Waals surface area contributed by atoms with Gasteiger partial charge in [0.1, 0.15) is 0 Å². The Morgan fingerprint density at radius 2 is 1.15 bits per heavy atom. The molecule has 0 aliphatic carbocycles. The average Bonchev–Trinajstić information content (AvgIpc) is 3.30. The Morgan fingerprint density at radius 3 is 1.52 bits per heavy atom. The first-order valence-corrected chi connectivity index (χ1v) is 8.86. The predicted octanol–water partition coefficient (Wildman–Crippen LogP) is 3.60. The molecule has 0 spiro atoms. The maximum atomic E-state index is 4.90. The number of hydrogen-bond donors (Lipinski definition) is 0. The highest BCUT2D eigenvalue weighted by atomic mass is 15.2. The molecule has 4 aromatic rings. The first-order chi connectivity index (χ1) is 12.9. The third-order valence-corrected chi connectivity index (χ3v) is 4.78. The molecule has 4 heterocycles. The van der Waals surface area contributed by atoms with Crippen LogP contribution in [-0.2, 0) is 19.5 Å². The van der Waals surface area contributed by atoms with Crippen molar-refractivity contribution in [2.24, 2.45) is 14.1 Å². The van der Waals surface area contributed by atoms with E-state index < -0.39 is 0 Å². The van der Waals surface area contributed by atoms with Gasteiger partial charge in [-0.1, -0.05) is 12.1 Å². The van der Waals surface area contributed by atoms with E-state index in [1.807, 2.05) is 63.1 Å². The number of pyridine rings is 2. The summed E-state index contributed by atoms with van der Waals surface area (Å²) in [6.07, 6.45) is 7.61. The maximum absolute atomic E-state index is 4.90. The molecule has 0 aromatic carbocycles. The van der Waals surface area contributed by atoms with Gasteiger partial charge in [0.15, 0.2) is 0 Å². The SMILES string of the molecule is Cn1cc(-c2cccc(C(C)(C)c3cccc(-c4cnn(C)c4)n3)n2)cn1. The Kier molecular flexibility index (Phi) is 4.11. The highest BCUT2D eigenvalue weighted by Gasteiger charge is 2.27. The zero-order valence-corrected chi connectivity index (χ0v) is 16.0. The third kappa shape index (κ3) is 3.26. The van der Waals surface area contributed by atoms with Crippen LogP contribution in [0.25, 0.3) is 22.5 Å². The second-order valence-electron chi connectivity index (χ2n) is 7.25. The first kappa shape index (κ1) is 17.1. The molecule has 0 aliphatic rings. The molecular weight excluding hydrogens is 336 g/mol. The van der Waals surface area contributed by atoms with Gasteiger partial charge in [0.05, 0.1) is 35.2 Å². The molecule has 4 rings (SSSR count). The van der Waals surface area contributed by atoms with Crippen LogP contribution in [0.3, 0.4) is 0 Å². The van der Waals surface area contributed by atoms with Crippen molar-refractivity contribution in [1.29, 1.82) is 0 Å². The summed E-state index contributed by atoms with van der Waals surface area (Å²) in [5, 5.41) is 8.49. The van der Waals surface area contributed by atoms with Gasteiger partial charge in [0.2, 0.25) is 0 Å². The number of aryl methyl sites for hydroxylation is 2. The smallest absolute Gasteiger partial charge is 0.0737 e. The fraction of sp³-hybridized carbons (Fsp3) is 0.238. The van der Waals surface area contributed by atoms with Crippen LogP contribution in [0.1, 0.15) is 25.2 Å². The Morgan fingerprint density at radius 1 is 0.704 bits per heavy atom. The molecule has 0 N–H and O–H groups in total. The molecular formula is C21H22N6. The van der Waals surface area contributed by atoms with Crippen LogP contribution in [0.15, 0.2) is 61.2 Å². The van der Waals surface area contributed by atoms with E-state index in [0.29, 0.717) is 0 Å². The van der Waals surface area contributed by atoms with E-state index >= 15 is 0 Å². The highest BCUT2D eigenvalue weighted by molar-refractivity contribution is 5.59. The van der Waals surface area contributed by atoms with Crippen molar-refractivity contribution < 1.29 is 0 Å². The highest BCUT2D eigenvalue weighted by Crippen LogP contribution is 2.31. The summed E-state index contributed by atoms with van der Waals surface area (Å²) in [6.45, 7) is 4.30. The van der Waals surface area contributed by atoms with Crippen LogP contribution in [0.5, 0.6) is 0 Å². The zero-order chi connectivity index (χ0) is 19.0. The molecule has 0 aliphatic heterocycles. The predicted molar refractivity (Wildman–Crippen MR) is 105 cm³/mol. The van der Waals surface area contributed by atoms with Crippen molar-refractivity contribution in [1.82, 2.24) is 29.5 Å². The van der Waals surface area contributed by atoms with Gasteiger partial charge < -0.3 is 0 Å². The van der Waals surface area contributed by atoms with Crippen molar-refractivity contribution >= 4 is 0 Å². The maximum Gasteiger partial charge on any atom is 0.0737 e. The average molecular weight is 358 g/mol. The Bertz CT molecular complexity index is 1000. The van der Waals surface area contributed by atoms with Crippen molar-refractivity contribution in [3.63, 3.8) is 0 Å². The molecule has 4 aromatic heterocycles. The van der Waals surface area contributed by atoms with Crippen LogP contribution in [0.4, 0.5) is 0 Å². The molecule has 136 valence electrons. The van der Waals surface area contributed by atoms with Crippen LogP contribution in [0.2, 0.25) is 0 Å². The van der Waals surface area contributed by atoms with Gasteiger partial charge in [-0.3, -0.25) is 19.3 Å². The number of rotatable bonds is 4. The van der Waals surface area contributed by atoms with Gasteiger partial charge in [-0.2, -0.15) is 10.2 Å². The monoisotopic (exact) mass is 358 g/mol. The van der Waals surface area contributed by atoms with E-state index in [-0.39, 0.29) is 5.41 Å². The lowest BCUT2D eigenvalue weighted by atomic mass is 9.84. The summed E-state index contributed by atoms with van der Waals surface area (Å²) in [5.74, 6) is 0. The van der Waals surface area contributed by atoms with Gasteiger partial charge in [0, 0.05) is 43.0 Å². The van der Waals surface area contributed by atoms with Gasteiger partial charge in [-0.05, 0) is 38.1 Å². The standard InChI is InChI=1S/C21H22N6/c1-21(2,19-9-5-7-17(24-19)15-11-22-26(3)13-15)20-10-6-8-18(25-20)16-12-23-27(4)14-16/h5-14H,1-4H3. The molecule has 27 heavy (non-hydrogen) atoms. The van der Waals surface area contributed by atoms with Gasteiger partial charge in [-0.25, -0.2) is 0 Å². The van der Waals surface area contributed by atoms with Gasteiger partial charge in [0.25, 0.3) is 0 Å². The lowest BCUT2D eigenvalue weighted by Gasteiger charge is -2.24. The van der Waals surface area contributed by atoms with Crippen molar-refractivity contribution in [2.75, 3.05) is 0 Å². The zero-order valence-electron chi connectivity index (χ0n) is 16.0.